The summed E-state index contributed by atoms with van der Waals surface area (Å²) in [7, 11) is 29.4. The van der Waals surface area contributed by atoms with Gasteiger partial charge in [0.05, 0.1) is 113 Å². The Bertz CT molecular complexity index is 183. The van der Waals surface area contributed by atoms with Crippen LogP contribution < -0.4 is 0 Å². The molecular weight excluding hydrogens is 340 g/mol. The fourth-order valence-electron chi connectivity index (χ4n) is 0. The van der Waals surface area contributed by atoms with Gasteiger partial charge in [-0.3, -0.25) is 0 Å². The van der Waals surface area contributed by atoms with Crippen molar-refractivity contribution in [3.63, 3.8) is 0 Å². The predicted molar refractivity (Wildman–Crippen MR) is 110 cm³/mol. The second kappa shape index (κ2) is 14.0. The Morgan fingerprint density at radius 3 is 0.320 bits per heavy atom. The van der Waals surface area contributed by atoms with E-state index in [0.717, 1.165) is 17.9 Å². The van der Waals surface area contributed by atoms with Crippen LogP contribution >= 0.6 is 0 Å². The van der Waals surface area contributed by atoms with Gasteiger partial charge >= 0.3 is 9.05 Å². The van der Waals surface area contributed by atoms with E-state index in [-0.39, 0.29) is 0 Å². The van der Waals surface area contributed by atoms with Crippen molar-refractivity contribution in [1.29, 1.82) is 0 Å². The molecule has 0 saturated carbocycles. The third kappa shape index (κ3) is 1080000. The minimum atomic E-state index is -4.61. The smallest absolute Gasteiger partial charge is 0.368 e. The first-order chi connectivity index (χ1) is 10.0. The van der Waals surface area contributed by atoms with E-state index in [4.69, 9.17) is 19.2 Å². The van der Waals surface area contributed by atoms with Crippen molar-refractivity contribution < 1.29 is 37.1 Å². The summed E-state index contributed by atoms with van der Waals surface area (Å²) in [6, 6.07) is 0. The summed E-state index contributed by atoms with van der Waals surface area (Å²) in [5, 5.41) is 0. The van der Waals surface area contributed by atoms with E-state index in [1.54, 1.807) is 0 Å². The van der Waals surface area contributed by atoms with Crippen LogP contribution in [0.25, 0.3) is 0 Å². The summed E-state index contributed by atoms with van der Waals surface area (Å²) in [5.74, 6) is 0. The maximum Gasteiger partial charge on any atom is 0.668 e. The molecule has 8 nitrogen and oxygen atoms in total. The topological polar surface area (TPSA) is 80.9 Å². The Labute approximate surface area is 159 Å². The molecule has 0 aromatic carbocycles. The van der Waals surface area contributed by atoms with Crippen molar-refractivity contribution in [2.45, 2.75) is 0 Å². The van der Waals surface area contributed by atoms with E-state index in [2.05, 4.69) is 113 Å². The zero-order valence-corrected chi connectivity index (χ0v) is 21.1. The highest BCUT2D eigenvalue weighted by molar-refractivity contribution is 6.46. The molecular formula is C16H52N4O4Si+4. The summed E-state index contributed by atoms with van der Waals surface area (Å²) >= 11 is 0. The molecule has 4 N–H and O–H groups in total. The molecule has 0 aromatic rings. The molecule has 9 heteroatoms. The maximum atomic E-state index is 7.33. The average Bonchev–Trinajstić information content (AvgIpc) is 1.79. The molecule has 160 valence electrons. The molecule has 0 aliphatic carbocycles. The molecule has 0 aliphatic rings. The number of rotatable bonds is 0. The molecule has 25 heavy (non-hydrogen) atoms. The minimum absolute atomic E-state index is 1.00. The van der Waals surface area contributed by atoms with Crippen LogP contribution in [0.4, 0.5) is 0 Å². The number of hydrogen-bond acceptors (Lipinski definition) is 4. The Hall–Kier alpha value is -0.103. The molecule has 0 bridgehead atoms. The highest BCUT2D eigenvalue weighted by Gasteiger charge is 2.22. The van der Waals surface area contributed by atoms with E-state index >= 15 is 0 Å². The second-order valence-electron chi connectivity index (χ2n) is 11.3. The van der Waals surface area contributed by atoms with Crippen molar-refractivity contribution in [3.8, 4) is 0 Å². The highest BCUT2D eigenvalue weighted by Crippen LogP contribution is 1.75. The lowest BCUT2D eigenvalue weighted by Crippen LogP contribution is -2.33. The van der Waals surface area contributed by atoms with Gasteiger partial charge in [0, 0.05) is 0 Å². The van der Waals surface area contributed by atoms with Crippen LogP contribution in [0.3, 0.4) is 0 Å². The van der Waals surface area contributed by atoms with E-state index in [0.29, 0.717) is 0 Å². The van der Waals surface area contributed by atoms with Gasteiger partial charge in [0.15, 0.2) is 0 Å². The van der Waals surface area contributed by atoms with Gasteiger partial charge in [-0.25, -0.2) is 0 Å². The largest absolute Gasteiger partial charge is 0.668 e. The van der Waals surface area contributed by atoms with Crippen molar-refractivity contribution in [3.05, 3.63) is 0 Å². The first kappa shape index (κ1) is 35.9. The third-order valence-corrected chi connectivity index (χ3v) is 0. The van der Waals surface area contributed by atoms with Gasteiger partial charge in [-0.05, 0) is 0 Å². The van der Waals surface area contributed by atoms with Gasteiger partial charge in [-0.2, -0.15) is 0 Å². The van der Waals surface area contributed by atoms with Crippen LogP contribution in [-0.2, 0) is 0 Å². The molecule has 0 radical (unpaired) electrons. The van der Waals surface area contributed by atoms with Crippen LogP contribution in [-0.4, -0.2) is 159 Å². The molecule has 0 fully saturated rings. The molecule has 0 saturated heterocycles. The Morgan fingerprint density at radius 1 is 0.320 bits per heavy atom. The maximum absolute atomic E-state index is 7.33. The van der Waals surface area contributed by atoms with Crippen LogP contribution in [0.2, 0.25) is 0 Å². The van der Waals surface area contributed by atoms with Crippen molar-refractivity contribution in [1.82, 2.24) is 0 Å². The number of quaternary nitrogens is 4. The van der Waals surface area contributed by atoms with Crippen molar-refractivity contribution in [2.24, 2.45) is 0 Å². The van der Waals surface area contributed by atoms with Gasteiger partial charge < -0.3 is 37.1 Å². The minimum Gasteiger partial charge on any atom is -0.368 e. The summed E-state index contributed by atoms with van der Waals surface area (Å²) in [6.45, 7) is 0. The van der Waals surface area contributed by atoms with Crippen LogP contribution in [0.1, 0.15) is 0 Å². The van der Waals surface area contributed by atoms with Crippen LogP contribution in [0, 0.1) is 0 Å². The van der Waals surface area contributed by atoms with Crippen LogP contribution in [0.5, 0.6) is 0 Å². The lowest BCUT2D eigenvalue weighted by atomic mass is 10.8. The number of nitrogens with zero attached hydrogens (tertiary/aromatic N) is 4. The number of hydrogen-bond donors (Lipinski definition) is 4. The summed E-state index contributed by atoms with van der Waals surface area (Å²) in [6.07, 6.45) is 0. The van der Waals surface area contributed by atoms with E-state index in [9.17, 15) is 0 Å². The Kier molecular flexibility index (Phi) is 20.1. The van der Waals surface area contributed by atoms with Crippen LogP contribution in [0.15, 0.2) is 0 Å². The van der Waals surface area contributed by atoms with Crippen molar-refractivity contribution in [2.75, 3.05) is 113 Å². The third-order valence-electron chi connectivity index (χ3n) is 0. The summed E-state index contributed by atoms with van der Waals surface area (Å²) in [5.41, 5.74) is 0. The second-order valence-corrected chi connectivity index (χ2v) is 12.5. The molecule has 0 rings (SSSR count). The molecule has 0 aromatic heterocycles. The molecule has 0 atom stereocenters. The Morgan fingerprint density at radius 2 is 0.320 bits per heavy atom. The summed E-state index contributed by atoms with van der Waals surface area (Å²) in [4.78, 5) is 29.3. The van der Waals surface area contributed by atoms with E-state index in [1.807, 2.05) is 0 Å². The molecule has 0 spiro atoms. The molecule has 0 aliphatic heterocycles. The lowest BCUT2D eigenvalue weighted by Gasteiger charge is -2.14. The zero-order chi connectivity index (χ0) is 22.5. The average molecular weight is 393 g/mol. The molecule has 0 amide bonds. The Balaban J connectivity index is -0.0000000667. The normalized spacial score (nSPS) is 12.0. The standard InChI is InChI=1S/4C4H12N.H4O4Si/c5*1-5(2,3)4/h4*1-4H3;1-4H/q4*+1;. The van der Waals surface area contributed by atoms with Gasteiger partial charge in [0.25, 0.3) is 0 Å². The quantitative estimate of drug-likeness (QED) is 0.305. The summed E-state index contributed by atoms with van der Waals surface area (Å²) < 4.78 is 4.00. The lowest BCUT2D eigenvalue weighted by molar-refractivity contribution is -0.849. The fraction of sp³-hybridized carbons (Fsp3) is 1.00. The van der Waals surface area contributed by atoms with Gasteiger partial charge in [0.2, 0.25) is 0 Å². The zero-order valence-electron chi connectivity index (χ0n) is 20.1. The molecule has 0 unspecified atom stereocenters. The van der Waals surface area contributed by atoms with E-state index in [1.165, 1.54) is 0 Å². The molecule has 0 heterocycles. The highest BCUT2D eigenvalue weighted by atomic mass is 28.4. The van der Waals surface area contributed by atoms with Gasteiger partial charge in [-0.15, -0.1) is 0 Å². The fourth-order valence-corrected chi connectivity index (χ4v) is 0. The van der Waals surface area contributed by atoms with Gasteiger partial charge in [0.1, 0.15) is 0 Å². The first-order valence-electron chi connectivity index (χ1n) is 8.05. The van der Waals surface area contributed by atoms with Crippen molar-refractivity contribution >= 4 is 9.05 Å². The first-order valence-corrected chi connectivity index (χ1v) is 9.84. The monoisotopic (exact) mass is 392 g/mol. The SMILES string of the molecule is C[N+](C)(C)C.C[N+](C)(C)C.C[N+](C)(C)C.C[N+](C)(C)C.O[Si](O)(O)O. The predicted octanol–water partition coefficient (Wildman–Crippen LogP) is -1.32. The van der Waals surface area contributed by atoms with E-state index < -0.39 is 9.05 Å². The van der Waals surface area contributed by atoms with Gasteiger partial charge in [-0.1, -0.05) is 0 Å².